The van der Waals surface area contributed by atoms with Crippen LogP contribution < -0.4 is 20.3 Å². The molecule has 7 heteroatoms. The van der Waals surface area contributed by atoms with E-state index in [2.05, 4.69) is 40.6 Å². The van der Waals surface area contributed by atoms with Crippen LogP contribution in [0.1, 0.15) is 36.2 Å². The molecular formula is C21H25BrN2O4. The number of carbonyl (C=O) groups excluding carboxylic acids is 2. The summed E-state index contributed by atoms with van der Waals surface area (Å²) >= 11 is 3.35. The van der Waals surface area contributed by atoms with Gasteiger partial charge in [0.15, 0.2) is 6.61 Å². The first kappa shape index (κ1) is 21.8. The van der Waals surface area contributed by atoms with E-state index in [0.717, 1.165) is 16.5 Å². The standard InChI is InChI=1S/C21H25BrN2O4/c1-14(2)10-11-27-19-9-6-16(22)12-18(19)21(26)24-23-20(25)13-28-17-7-4-15(3)5-8-17/h4-9,12,14H,10-11,13H2,1-3H3,(H,23,25)(H,24,26). The summed E-state index contributed by atoms with van der Waals surface area (Å²) in [5.74, 6) is 0.614. The van der Waals surface area contributed by atoms with Crippen LogP contribution in [0.15, 0.2) is 46.9 Å². The molecule has 0 aliphatic rings. The van der Waals surface area contributed by atoms with Gasteiger partial charge in [0, 0.05) is 4.47 Å². The van der Waals surface area contributed by atoms with E-state index in [1.54, 1.807) is 30.3 Å². The maximum absolute atomic E-state index is 12.5. The zero-order valence-electron chi connectivity index (χ0n) is 16.3. The van der Waals surface area contributed by atoms with Crippen LogP contribution in [-0.2, 0) is 4.79 Å². The summed E-state index contributed by atoms with van der Waals surface area (Å²) in [6.45, 7) is 6.48. The third-order valence-electron chi connectivity index (χ3n) is 3.85. The minimum atomic E-state index is -0.468. The van der Waals surface area contributed by atoms with Crippen molar-refractivity contribution in [2.24, 2.45) is 5.92 Å². The van der Waals surface area contributed by atoms with Gasteiger partial charge in [-0.05, 0) is 49.6 Å². The molecule has 0 aliphatic carbocycles. The van der Waals surface area contributed by atoms with Crippen molar-refractivity contribution >= 4 is 27.7 Å². The molecule has 0 aromatic heterocycles. The van der Waals surface area contributed by atoms with Crippen molar-refractivity contribution in [3.05, 3.63) is 58.1 Å². The number of rotatable bonds is 8. The Hall–Kier alpha value is -2.54. The van der Waals surface area contributed by atoms with Crippen LogP contribution in [0.4, 0.5) is 0 Å². The minimum Gasteiger partial charge on any atom is -0.493 e. The lowest BCUT2D eigenvalue weighted by Gasteiger charge is -2.14. The fourth-order valence-corrected chi connectivity index (χ4v) is 2.58. The Balaban J connectivity index is 1.88. The smallest absolute Gasteiger partial charge is 0.276 e. The fourth-order valence-electron chi connectivity index (χ4n) is 2.22. The van der Waals surface area contributed by atoms with E-state index in [-0.39, 0.29) is 6.61 Å². The first-order valence-corrected chi connectivity index (χ1v) is 9.85. The van der Waals surface area contributed by atoms with Crippen molar-refractivity contribution in [2.45, 2.75) is 27.2 Å². The Bertz CT molecular complexity index is 807. The summed E-state index contributed by atoms with van der Waals surface area (Å²) in [7, 11) is 0. The largest absolute Gasteiger partial charge is 0.493 e. The summed E-state index contributed by atoms with van der Waals surface area (Å²) in [5.41, 5.74) is 6.17. The molecule has 2 aromatic rings. The van der Waals surface area contributed by atoms with Crippen molar-refractivity contribution in [2.75, 3.05) is 13.2 Å². The molecule has 0 unspecified atom stereocenters. The lowest BCUT2D eigenvalue weighted by atomic mass is 10.1. The molecule has 0 bridgehead atoms. The number of hydrazine groups is 1. The summed E-state index contributed by atoms with van der Waals surface area (Å²) in [6.07, 6.45) is 0.879. The molecule has 0 radical (unpaired) electrons. The highest BCUT2D eigenvalue weighted by Crippen LogP contribution is 2.23. The molecule has 0 saturated heterocycles. The molecule has 0 atom stereocenters. The molecule has 0 aliphatic heterocycles. The Morgan fingerprint density at radius 1 is 1.04 bits per heavy atom. The fraction of sp³-hybridized carbons (Fsp3) is 0.333. The highest BCUT2D eigenvalue weighted by atomic mass is 79.9. The molecule has 6 nitrogen and oxygen atoms in total. The number of nitrogens with one attached hydrogen (secondary N) is 2. The summed E-state index contributed by atoms with van der Waals surface area (Å²) in [4.78, 5) is 24.4. The second kappa shape index (κ2) is 10.7. The number of ether oxygens (including phenoxy) is 2. The van der Waals surface area contributed by atoms with E-state index in [1.165, 1.54) is 0 Å². The summed E-state index contributed by atoms with van der Waals surface area (Å²) in [6, 6.07) is 12.5. The molecule has 0 heterocycles. The normalized spacial score (nSPS) is 10.5. The highest BCUT2D eigenvalue weighted by molar-refractivity contribution is 9.10. The molecule has 2 amide bonds. The van der Waals surface area contributed by atoms with Gasteiger partial charge in [0.05, 0.1) is 12.2 Å². The van der Waals surface area contributed by atoms with Crippen LogP contribution in [0.25, 0.3) is 0 Å². The predicted octanol–water partition coefficient (Wildman–Crippen LogP) is 4.02. The second-order valence-electron chi connectivity index (χ2n) is 6.78. The molecule has 2 rings (SSSR count). The third-order valence-corrected chi connectivity index (χ3v) is 4.34. The number of benzene rings is 2. The van der Waals surface area contributed by atoms with Gasteiger partial charge >= 0.3 is 0 Å². The quantitative estimate of drug-likeness (QED) is 0.597. The van der Waals surface area contributed by atoms with Crippen molar-refractivity contribution < 1.29 is 19.1 Å². The Kier molecular flexibility index (Phi) is 8.32. The van der Waals surface area contributed by atoms with Gasteiger partial charge in [-0.3, -0.25) is 20.4 Å². The SMILES string of the molecule is Cc1ccc(OCC(=O)NNC(=O)c2cc(Br)ccc2OCCC(C)C)cc1. The number of hydrogen-bond acceptors (Lipinski definition) is 4. The first-order chi connectivity index (χ1) is 13.3. The number of halogens is 1. The van der Waals surface area contributed by atoms with Crippen molar-refractivity contribution in [1.82, 2.24) is 10.9 Å². The van der Waals surface area contributed by atoms with Gasteiger partial charge in [-0.2, -0.15) is 0 Å². The molecule has 0 fully saturated rings. The zero-order chi connectivity index (χ0) is 20.5. The van der Waals surface area contributed by atoms with Crippen LogP contribution in [0.3, 0.4) is 0 Å². The molecule has 0 saturated carbocycles. The van der Waals surface area contributed by atoms with Crippen LogP contribution in [0.2, 0.25) is 0 Å². The first-order valence-electron chi connectivity index (χ1n) is 9.06. The van der Waals surface area contributed by atoms with E-state index in [1.807, 2.05) is 19.1 Å². The highest BCUT2D eigenvalue weighted by Gasteiger charge is 2.15. The molecular weight excluding hydrogens is 424 g/mol. The van der Waals surface area contributed by atoms with Crippen LogP contribution >= 0.6 is 15.9 Å². The number of hydrogen-bond donors (Lipinski definition) is 2. The number of amides is 2. The van der Waals surface area contributed by atoms with Crippen molar-refractivity contribution in [3.8, 4) is 11.5 Å². The summed E-state index contributed by atoms with van der Waals surface area (Å²) < 4.78 is 11.8. The molecule has 0 spiro atoms. The number of carbonyl (C=O) groups is 2. The van der Waals surface area contributed by atoms with Gasteiger partial charge in [0.1, 0.15) is 11.5 Å². The average Bonchev–Trinajstić information content (AvgIpc) is 2.66. The molecule has 2 N–H and O–H groups in total. The van der Waals surface area contributed by atoms with E-state index in [9.17, 15) is 9.59 Å². The Morgan fingerprint density at radius 2 is 1.75 bits per heavy atom. The van der Waals surface area contributed by atoms with Crippen LogP contribution in [0, 0.1) is 12.8 Å². The Labute approximate surface area is 173 Å². The lowest BCUT2D eigenvalue weighted by molar-refractivity contribution is -0.123. The predicted molar refractivity (Wildman–Crippen MR) is 111 cm³/mol. The third kappa shape index (κ3) is 7.23. The van der Waals surface area contributed by atoms with Gasteiger partial charge in [-0.25, -0.2) is 0 Å². The van der Waals surface area contributed by atoms with E-state index in [4.69, 9.17) is 9.47 Å². The number of aryl methyl sites for hydroxylation is 1. The molecule has 28 heavy (non-hydrogen) atoms. The lowest BCUT2D eigenvalue weighted by Crippen LogP contribution is -2.44. The van der Waals surface area contributed by atoms with Gasteiger partial charge in [-0.1, -0.05) is 47.5 Å². The van der Waals surface area contributed by atoms with E-state index in [0.29, 0.717) is 29.6 Å². The second-order valence-corrected chi connectivity index (χ2v) is 7.69. The van der Waals surface area contributed by atoms with Gasteiger partial charge in [0.2, 0.25) is 0 Å². The van der Waals surface area contributed by atoms with Crippen LogP contribution in [-0.4, -0.2) is 25.0 Å². The minimum absolute atomic E-state index is 0.209. The maximum Gasteiger partial charge on any atom is 0.276 e. The van der Waals surface area contributed by atoms with E-state index >= 15 is 0 Å². The van der Waals surface area contributed by atoms with Crippen molar-refractivity contribution in [1.29, 1.82) is 0 Å². The zero-order valence-corrected chi connectivity index (χ0v) is 17.8. The Morgan fingerprint density at radius 3 is 2.43 bits per heavy atom. The monoisotopic (exact) mass is 448 g/mol. The van der Waals surface area contributed by atoms with E-state index < -0.39 is 11.8 Å². The van der Waals surface area contributed by atoms with Gasteiger partial charge in [-0.15, -0.1) is 0 Å². The van der Waals surface area contributed by atoms with Gasteiger partial charge < -0.3 is 9.47 Å². The van der Waals surface area contributed by atoms with Gasteiger partial charge in [0.25, 0.3) is 11.8 Å². The topological polar surface area (TPSA) is 76.7 Å². The van der Waals surface area contributed by atoms with Crippen molar-refractivity contribution in [3.63, 3.8) is 0 Å². The summed E-state index contributed by atoms with van der Waals surface area (Å²) in [5, 5.41) is 0. The van der Waals surface area contributed by atoms with Crippen LogP contribution in [0.5, 0.6) is 11.5 Å². The molecule has 2 aromatic carbocycles. The molecule has 150 valence electrons. The average molecular weight is 449 g/mol. The maximum atomic E-state index is 12.5.